The van der Waals surface area contributed by atoms with Gasteiger partial charge in [-0.25, -0.2) is 0 Å². The highest BCUT2D eigenvalue weighted by atomic mass is 16.1. The zero-order valence-electron chi connectivity index (χ0n) is 8.79. The van der Waals surface area contributed by atoms with Crippen molar-refractivity contribution >= 4 is 17.3 Å². The minimum Gasteiger partial charge on any atom is -0.397 e. The van der Waals surface area contributed by atoms with Gasteiger partial charge in [0, 0.05) is 5.92 Å². The van der Waals surface area contributed by atoms with Gasteiger partial charge in [-0.15, -0.1) is 0 Å². The van der Waals surface area contributed by atoms with Crippen LogP contribution in [0.5, 0.6) is 0 Å². The number of rotatable bonds is 2. The van der Waals surface area contributed by atoms with Gasteiger partial charge in [0.2, 0.25) is 5.91 Å². The largest absolute Gasteiger partial charge is 0.397 e. The number of anilines is 2. The second-order valence-electron chi connectivity index (χ2n) is 3.73. The van der Waals surface area contributed by atoms with Crippen molar-refractivity contribution in [3.05, 3.63) is 23.8 Å². The van der Waals surface area contributed by atoms with Gasteiger partial charge in [0.05, 0.1) is 11.4 Å². The average Bonchev–Trinajstić information content (AvgIpc) is 2.09. The second-order valence-corrected chi connectivity index (χ2v) is 3.73. The summed E-state index contributed by atoms with van der Waals surface area (Å²) in [4.78, 5) is 11.4. The van der Waals surface area contributed by atoms with Gasteiger partial charge in [0.25, 0.3) is 0 Å². The molecule has 14 heavy (non-hydrogen) atoms. The number of aryl methyl sites for hydroxylation is 1. The van der Waals surface area contributed by atoms with Crippen molar-refractivity contribution in [2.45, 2.75) is 20.8 Å². The maximum Gasteiger partial charge on any atom is 0.226 e. The third kappa shape index (κ3) is 2.49. The Bertz CT molecular complexity index is 345. The molecule has 3 heteroatoms. The Morgan fingerprint density at radius 1 is 1.43 bits per heavy atom. The Labute approximate surface area is 84.3 Å². The molecule has 0 aliphatic rings. The van der Waals surface area contributed by atoms with Gasteiger partial charge >= 0.3 is 0 Å². The van der Waals surface area contributed by atoms with E-state index >= 15 is 0 Å². The van der Waals surface area contributed by atoms with Crippen LogP contribution in [0.4, 0.5) is 11.4 Å². The number of nitrogen functional groups attached to an aromatic ring is 1. The standard InChI is InChI=1S/C11H16N2O/c1-7(2)11(14)13-10-5-4-8(3)6-9(10)12/h4-7H,12H2,1-3H3,(H,13,14). The fraction of sp³-hybridized carbons (Fsp3) is 0.364. The average molecular weight is 192 g/mol. The Morgan fingerprint density at radius 2 is 2.07 bits per heavy atom. The molecule has 1 aromatic carbocycles. The number of hydrogen-bond donors (Lipinski definition) is 2. The summed E-state index contributed by atoms with van der Waals surface area (Å²) in [5.74, 6) is -0.0451. The van der Waals surface area contributed by atoms with E-state index in [1.165, 1.54) is 0 Å². The first kappa shape index (κ1) is 10.6. The van der Waals surface area contributed by atoms with Crippen LogP contribution < -0.4 is 11.1 Å². The van der Waals surface area contributed by atoms with Gasteiger partial charge in [-0.1, -0.05) is 19.9 Å². The SMILES string of the molecule is Cc1ccc(NC(=O)C(C)C)c(N)c1. The number of nitrogens with two attached hydrogens (primary N) is 1. The summed E-state index contributed by atoms with van der Waals surface area (Å²) < 4.78 is 0. The molecule has 0 fully saturated rings. The summed E-state index contributed by atoms with van der Waals surface area (Å²) in [6.07, 6.45) is 0. The lowest BCUT2D eigenvalue weighted by Gasteiger charge is -2.10. The van der Waals surface area contributed by atoms with Crippen molar-refractivity contribution in [3.8, 4) is 0 Å². The molecule has 0 heterocycles. The molecule has 1 amide bonds. The van der Waals surface area contributed by atoms with Crippen molar-refractivity contribution in [2.24, 2.45) is 5.92 Å². The van der Waals surface area contributed by atoms with Gasteiger partial charge in [-0.3, -0.25) is 4.79 Å². The van der Waals surface area contributed by atoms with Crippen LogP contribution in [0, 0.1) is 12.8 Å². The topological polar surface area (TPSA) is 55.1 Å². The zero-order chi connectivity index (χ0) is 10.7. The lowest BCUT2D eigenvalue weighted by Crippen LogP contribution is -2.18. The van der Waals surface area contributed by atoms with E-state index in [9.17, 15) is 4.79 Å². The molecule has 0 unspecified atom stereocenters. The molecule has 3 nitrogen and oxygen atoms in total. The number of nitrogens with one attached hydrogen (secondary N) is 1. The van der Waals surface area contributed by atoms with Crippen LogP contribution in [0.2, 0.25) is 0 Å². The van der Waals surface area contributed by atoms with Crippen molar-refractivity contribution in [1.82, 2.24) is 0 Å². The Morgan fingerprint density at radius 3 is 2.57 bits per heavy atom. The van der Waals surface area contributed by atoms with Crippen molar-refractivity contribution in [1.29, 1.82) is 0 Å². The predicted molar refractivity (Wildman–Crippen MR) is 59.1 cm³/mol. The first-order valence-electron chi connectivity index (χ1n) is 4.67. The highest BCUT2D eigenvalue weighted by Gasteiger charge is 2.08. The molecule has 0 aliphatic carbocycles. The lowest BCUT2D eigenvalue weighted by molar-refractivity contribution is -0.118. The number of benzene rings is 1. The highest BCUT2D eigenvalue weighted by molar-refractivity contribution is 5.94. The Kier molecular flexibility index (Phi) is 3.12. The molecule has 76 valence electrons. The summed E-state index contributed by atoms with van der Waals surface area (Å²) in [5.41, 5.74) is 8.14. The molecule has 3 N–H and O–H groups in total. The number of carbonyl (C=O) groups excluding carboxylic acids is 1. The van der Waals surface area contributed by atoms with Crippen molar-refractivity contribution < 1.29 is 4.79 Å². The third-order valence-corrected chi connectivity index (χ3v) is 1.99. The van der Waals surface area contributed by atoms with Crippen LogP contribution in [0.15, 0.2) is 18.2 Å². The van der Waals surface area contributed by atoms with Crippen molar-refractivity contribution in [2.75, 3.05) is 11.1 Å². The first-order valence-corrected chi connectivity index (χ1v) is 4.67. The van der Waals surface area contributed by atoms with Crippen LogP contribution >= 0.6 is 0 Å². The second kappa shape index (κ2) is 4.13. The summed E-state index contributed by atoms with van der Waals surface area (Å²) in [7, 11) is 0. The van der Waals surface area contributed by atoms with Crippen LogP contribution in [0.3, 0.4) is 0 Å². The summed E-state index contributed by atoms with van der Waals surface area (Å²) >= 11 is 0. The van der Waals surface area contributed by atoms with E-state index in [1.807, 2.05) is 39.0 Å². The number of carbonyl (C=O) groups is 1. The first-order chi connectivity index (χ1) is 6.50. The summed E-state index contributed by atoms with van der Waals surface area (Å²) in [6, 6.07) is 5.59. The molecule has 0 radical (unpaired) electrons. The van der Waals surface area contributed by atoms with E-state index < -0.39 is 0 Å². The van der Waals surface area contributed by atoms with Gasteiger partial charge in [0.1, 0.15) is 0 Å². The number of amides is 1. The molecular weight excluding hydrogens is 176 g/mol. The molecule has 0 spiro atoms. The maximum atomic E-state index is 11.4. The zero-order valence-corrected chi connectivity index (χ0v) is 8.79. The third-order valence-electron chi connectivity index (χ3n) is 1.99. The monoisotopic (exact) mass is 192 g/mol. The normalized spacial score (nSPS) is 10.3. The van der Waals surface area contributed by atoms with E-state index in [-0.39, 0.29) is 11.8 Å². The molecule has 0 aliphatic heterocycles. The predicted octanol–water partition coefficient (Wildman–Crippen LogP) is 2.17. The quantitative estimate of drug-likeness (QED) is 0.705. The summed E-state index contributed by atoms with van der Waals surface area (Å²) in [5, 5.41) is 2.77. The molecule has 1 aromatic rings. The van der Waals surface area contributed by atoms with E-state index in [2.05, 4.69) is 5.32 Å². The molecule has 0 bridgehead atoms. The van der Waals surface area contributed by atoms with Crippen LogP contribution in [0.25, 0.3) is 0 Å². The molecular formula is C11H16N2O. The van der Waals surface area contributed by atoms with Gasteiger partial charge in [0.15, 0.2) is 0 Å². The smallest absolute Gasteiger partial charge is 0.226 e. The van der Waals surface area contributed by atoms with E-state index in [0.29, 0.717) is 11.4 Å². The fourth-order valence-electron chi connectivity index (χ4n) is 1.07. The highest BCUT2D eigenvalue weighted by Crippen LogP contribution is 2.19. The molecule has 1 rings (SSSR count). The van der Waals surface area contributed by atoms with E-state index in [1.54, 1.807) is 0 Å². The van der Waals surface area contributed by atoms with Crippen LogP contribution in [-0.4, -0.2) is 5.91 Å². The van der Waals surface area contributed by atoms with E-state index in [4.69, 9.17) is 5.73 Å². The van der Waals surface area contributed by atoms with Gasteiger partial charge in [-0.05, 0) is 24.6 Å². The van der Waals surface area contributed by atoms with Crippen LogP contribution in [0.1, 0.15) is 19.4 Å². The van der Waals surface area contributed by atoms with Gasteiger partial charge < -0.3 is 11.1 Å². The molecule has 0 aromatic heterocycles. The van der Waals surface area contributed by atoms with Crippen LogP contribution in [-0.2, 0) is 4.79 Å². The fourth-order valence-corrected chi connectivity index (χ4v) is 1.07. The molecule has 0 saturated heterocycles. The Hall–Kier alpha value is -1.51. The minimum atomic E-state index is -0.0318. The van der Waals surface area contributed by atoms with Crippen molar-refractivity contribution in [3.63, 3.8) is 0 Å². The number of hydrogen-bond acceptors (Lipinski definition) is 2. The lowest BCUT2D eigenvalue weighted by atomic mass is 10.1. The molecule has 0 atom stereocenters. The van der Waals surface area contributed by atoms with Gasteiger partial charge in [-0.2, -0.15) is 0 Å². The Balaban J connectivity index is 2.82. The minimum absolute atomic E-state index is 0.0134. The van der Waals surface area contributed by atoms with E-state index in [0.717, 1.165) is 5.56 Å². The maximum absolute atomic E-state index is 11.4. The summed E-state index contributed by atoms with van der Waals surface area (Å²) in [6.45, 7) is 5.66. The molecule has 0 saturated carbocycles.